The number of anilines is 2. The molecule has 2 aromatic carbocycles. The first-order valence-corrected chi connectivity index (χ1v) is 13.4. The maximum Gasteiger partial charge on any atom is 0.181 e. The van der Waals surface area contributed by atoms with E-state index in [0.29, 0.717) is 54.1 Å². The Morgan fingerprint density at radius 2 is 1.95 bits per heavy atom. The van der Waals surface area contributed by atoms with E-state index in [2.05, 4.69) is 22.6 Å². The molecule has 1 saturated carbocycles. The normalized spacial score (nSPS) is 17.2. The summed E-state index contributed by atoms with van der Waals surface area (Å²) >= 11 is 7.71. The molecule has 1 aliphatic carbocycles. The van der Waals surface area contributed by atoms with Gasteiger partial charge in [0.1, 0.15) is 23.6 Å². The summed E-state index contributed by atoms with van der Waals surface area (Å²) in [6.07, 6.45) is 2.48. The molecule has 3 heterocycles. The molecule has 1 unspecified atom stereocenters. The number of rotatable bonds is 5. The van der Waals surface area contributed by atoms with Crippen molar-refractivity contribution in [2.75, 3.05) is 36.8 Å². The van der Waals surface area contributed by atoms with Crippen LogP contribution in [0, 0.1) is 23.0 Å². The Labute approximate surface area is 226 Å². The van der Waals surface area contributed by atoms with Crippen LogP contribution in [0.15, 0.2) is 30.9 Å². The van der Waals surface area contributed by atoms with Crippen LogP contribution in [-0.4, -0.2) is 52.4 Å². The van der Waals surface area contributed by atoms with E-state index < -0.39 is 17.9 Å². The number of halogens is 3. The van der Waals surface area contributed by atoms with Crippen LogP contribution in [0.25, 0.3) is 32.2 Å². The molecular weight excluding hydrogens is 530 g/mol. The Bertz CT molecular complexity index is 1660. The number of aliphatic hydroxyl groups excluding tert-OH is 1. The van der Waals surface area contributed by atoms with E-state index >= 15 is 4.39 Å². The van der Waals surface area contributed by atoms with Crippen LogP contribution in [-0.2, 0) is 0 Å². The van der Waals surface area contributed by atoms with Crippen LogP contribution in [0.5, 0.6) is 0 Å². The quantitative estimate of drug-likeness (QED) is 0.320. The first kappa shape index (κ1) is 24.9. The minimum atomic E-state index is -0.759. The SMILES string of the molecule is C=CC(O)N1CCN(c2c(C#N)c(C3CC3)nc3c(F)c(-c4ccc(F)c5sc(N)nc45)c(Cl)cc23)CC1. The second-order valence-corrected chi connectivity index (χ2v) is 11.0. The fourth-order valence-electron chi connectivity index (χ4n) is 5.22. The molecule has 1 saturated heterocycles. The van der Waals surface area contributed by atoms with E-state index in [4.69, 9.17) is 17.3 Å². The summed E-state index contributed by atoms with van der Waals surface area (Å²) in [4.78, 5) is 12.8. The lowest BCUT2D eigenvalue weighted by atomic mass is 9.97. The fraction of sp³-hybridized carbons (Fsp3) is 0.296. The number of nitrogens with zero attached hydrogens (tertiary/aromatic N) is 5. The van der Waals surface area contributed by atoms with Gasteiger partial charge in [-0.3, -0.25) is 4.90 Å². The summed E-state index contributed by atoms with van der Waals surface area (Å²) in [5.74, 6) is -1.06. The van der Waals surface area contributed by atoms with Gasteiger partial charge >= 0.3 is 0 Å². The number of fused-ring (bicyclic) bond motifs is 2. The Balaban J connectivity index is 1.57. The summed E-state index contributed by atoms with van der Waals surface area (Å²) in [6, 6.07) is 6.65. The highest BCUT2D eigenvalue weighted by Gasteiger charge is 2.34. The highest BCUT2D eigenvalue weighted by Crippen LogP contribution is 2.47. The van der Waals surface area contributed by atoms with E-state index in [-0.39, 0.29) is 37.4 Å². The van der Waals surface area contributed by atoms with Crippen molar-refractivity contribution in [1.82, 2.24) is 14.9 Å². The monoisotopic (exact) mass is 552 g/mol. The summed E-state index contributed by atoms with van der Waals surface area (Å²) in [5.41, 5.74) is 8.19. The molecule has 38 heavy (non-hydrogen) atoms. The number of piperazine rings is 1. The van der Waals surface area contributed by atoms with Crippen LogP contribution in [0.3, 0.4) is 0 Å². The number of benzene rings is 2. The van der Waals surface area contributed by atoms with E-state index in [9.17, 15) is 14.8 Å². The van der Waals surface area contributed by atoms with Crippen molar-refractivity contribution in [3.63, 3.8) is 0 Å². The predicted molar refractivity (Wildman–Crippen MR) is 146 cm³/mol. The highest BCUT2D eigenvalue weighted by molar-refractivity contribution is 7.22. The number of hydrogen-bond donors (Lipinski definition) is 2. The van der Waals surface area contributed by atoms with Gasteiger partial charge in [-0.15, -0.1) is 0 Å². The third-order valence-electron chi connectivity index (χ3n) is 7.25. The molecule has 6 rings (SSSR count). The minimum absolute atomic E-state index is 0.0679. The molecule has 2 aliphatic rings. The van der Waals surface area contributed by atoms with Gasteiger partial charge in [-0.2, -0.15) is 5.26 Å². The number of thiazole rings is 1. The maximum absolute atomic E-state index is 16.5. The lowest BCUT2D eigenvalue weighted by molar-refractivity contribution is 0.0381. The average molecular weight is 553 g/mol. The number of aliphatic hydroxyl groups is 1. The van der Waals surface area contributed by atoms with Gasteiger partial charge in [0.15, 0.2) is 10.9 Å². The molecule has 11 heteroatoms. The Morgan fingerprint density at radius 3 is 2.61 bits per heavy atom. The van der Waals surface area contributed by atoms with Gasteiger partial charge in [0.25, 0.3) is 0 Å². The summed E-state index contributed by atoms with van der Waals surface area (Å²) < 4.78 is 31.1. The number of hydrogen-bond acceptors (Lipinski definition) is 8. The van der Waals surface area contributed by atoms with Gasteiger partial charge in [-0.1, -0.05) is 29.5 Å². The highest BCUT2D eigenvalue weighted by atomic mass is 35.5. The minimum Gasteiger partial charge on any atom is -0.375 e. The van der Waals surface area contributed by atoms with Crippen LogP contribution < -0.4 is 10.6 Å². The van der Waals surface area contributed by atoms with Gasteiger partial charge in [0.05, 0.1) is 32.2 Å². The third kappa shape index (κ3) is 3.98. The molecule has 0 spiro atoms. The molecular formula is C27H23ClF2N6OS. The van der Waals surface area contributed by atoms with Crippen molar-refractivity contribution in [3.8, 4) is 17.2 Å². The zero-order chi connectivity index (χ0) is 26.7. The second kappa shape index (κ2) is 9.43. The van der Waals surface area contributed by atoms with Crippen molar-refractivity contribution in [1.29, 1.82) is 5.26 Å². The van der Waals surface area contributed by atoms with E-state index in [1.54, 1.807) is 6.07 Å². The number of nitrogens with two attached hydrogens (primary N) is 1. The van der Waals surface area contributed by atoms with Crippen LogP contribution in [0.4, 0.5) is 19.6 Å². The molecule has 2 aromatic heterocycles. The van der Waals surface area contributed by atoms with Crippen LogP contribution >= 0.6 is 22.9 Å². The van der Waals surface area contributed by atoms with E-state index in [1.807, 2.05) is 9.80 Å². The van der Waals surface area contributed by atoms with Crippen molar-refractivity contribution in [3.05, 3.63) is 58.8 Å². The van der Waals surface area contributed by atoms with Crippen molar-refractivity contribution < 1.29 is 13.9 Å². The summed E-state index contributed by atoms with van der Waals surface area (Å²) in [5, 5.41) is 21.1. The molecule has 3 N–H and O–H groups in total. The Morgan fingerprint density at radius 1 is 1.21 bits per heavy atom. The number of nitriles is 1. The molecule has 7 nitrogen and oxygen atoms in total. The Hall–Kier alpha value is -3.36. The largest absolute Gasteiger partial charge is 0.375 e. The number of nitrogen functional groups attached to an aromatic ring is 1. The molecule has 1 aliphatic heterocycles. The van der Waals surface area contributed by atoms with Gasteiger partial charge < -0.3 is 15.7 Å². The lowest BCUT2D eigenvalue weighted by Gasteiger charge is -2.38. The van der Waals surface area contributed by atoms with Crippen molar-refractivity contribution >= 4 is 54.9 Å². The number of aromatic nitrogens is 2. The molecule has 0 bridgehead atoms. The molecule has 2 fully saturated rings. The molecule has 4 aromatic rings. The predicted octanol–water partition coefficient (Wildman–Crippen LogP) is 5.40. The zero-order valence-electron chi connectivity index (χ0n) is 20.2. The molecule has 0 amide bonds. The van der Waals surface area contributed by atoms with Crippen LogP contribution in [0.2, 0.25) is 5.02 Å². The number of pyridine rings is 1. The molecule has 194 valence electrons. The van der Waals surface area contributed by atoms with Gasteiger partial charge in [-0.05, 0) is 37.1 Å². The lowest BCUT2D eigenvalue weighted by Crippen LogP contribution is -2.50. The first-order valence-electron chi connectivity index (χ1n) is 12.2. The third-order valence-corrected chi connectivity index (χ3v) is 8.44. The smallest absolute Gasteiger partial charge is 0.181 e. The van der Waals surface area contributed by atoms with Crippen molar-refractivity contribution in [2.45, 2.75) is 25.0 Å². The molecule has 0 radical (unpaired) electrons. The summed E-state index contributed by atoms with van der Waals surface area (Å²) in [6.45, 7) is 5.75. The standard InChI is InChI=1S/C27H23ClF2N6OS/c1-2-19(37)35-7-9-36(10-8-35)25-15-11-17(28)20(14-5-6-18(29)26-24(14)34-27(32)38-26)21(30)23(15)33-22(13-3-4-13)16(25)12-31/h2,5-6,11,13,19,37H,1,3-4,7-10H2,(H2,32,34). The van der Waals surface area contributed by atoms with Crippen LogP contribution in [0.1, 0.15) is 30.0 Å². The second-order valence-electron chi connectivity index (χ2n) is 9.55. The first-order chi connectivity index (χ1) is 18.3. The van der Waals surface area contributed by atoms with E-state index in [1.165, 1.54) is 18.2 Å². The van der Waals surface area contributed by atoms with Gasteiger partial charge in [0, 0.05) is 48.6 Å². The van der Waals surface area contributed by atoms with Crippen molar-refractivity contribution in [2.24, 2.45) is 0 Å². The zero-order valence-corrected chi connectivity index (χ0v) is 21.8. The van der Waals surface area contributed by atoms with Gasteiger partial charge in [0.2, 0.25) is 0 Å². The Kier molecular flexibility index (Phi) is 6.19. The van der Waals surface area contributed by atoms with E-state index in [0.717, 1.165) is 24.2 Å². The summed E-state index contributed by atoms with van der Waals surface area (Å²) in [7, 11) is 0. The fourth-order valence-corrected chi connectivity index (χ4v) is 6.28. The van der Waals surface area contributed by atoms with Gasteiger partial charge in [-0.25, -0.2) is 18.7 Å². The maximum atomic E-state index is 16.5. The molecule has 1 atom stereocenters. The topological polar surface area (TPSA) is 102 Å². The average Bonchev–Trinajstić information content (AvgIpc) is 3.68.